The Bertz CT molecular complexity index is 794. The highest BCUT2D eigenvalue weighted by atomic mass is 16.5. The Hall–Kier alpha value is -2.75. The lowest BCUT2D eigenvalue weighted by molar-refractivity contribution is 0.284. The fourth-order valence-corrected chi connectivity index (χ4v) is 2.47. The van der Waals surface area contributed by atoms with Crippen LogP contribution in [0.5, 0.6) is 11.5 Å². The average molecular weight is 322 g/mol. The summed E-state index contributed by atoms with van der Waals surface area (Å²) in [5.41, 5.74) is 3.13. The molecule has 0 amide bonds. The molecule has 1 heterocycles. The van der Waals surface area contributed by atoms with E-state index in [2.05, 4.69) is 23.8 Å². The van der Waals surface area contributed by atoms with Crippen molar-refractivity contribution in [2.75, 3.05) is 7.11 Å². The molecule has 1 N–H and O–H groups in total. The van der Waals surface area contributed by atoms with Crippen molar-refractivity contribution in [2.45, 2.75) is 26.4 Å². The number of aromatic amines is 1. The normalized spacial score (nSPS) is 10.8. The first-order valence-corrected chi connectivity index (χ1v) is 8.07. The maximum absolute atomic E-state index is 5.90. The number of hydrogen-bond donors (Lipinski definition) is 1. The summed E-state index contributed by atoms with van der Waals surface area (Å²) in [6, 6.07) is 16.0. The smallest absolute Gasteiger partial charge is 0.161 e. The summed E-state index contributed by atoms with van der Waals surface area (Å²) in [6.45, 7) is 4.74. The van der Waals surface area contributed by atoms with E-state index in [9.17, 15) is 0 Å². The number of benzene rings is 2. The lowest BCUT2D eigenvalue weighted by Crippen LogP contribution is -1.97. The maximum Gasteiger partial charge on any atom is 0.161 e. The molecule has 0 aliphatic heterocycles. The third-order valence-electron chi connectivity index (χ3n) is 3.85. The van der Waals surface area contributed by atoms with Crippen LogP contribution in [-0.2, 0) is 6.61 Å². The summed E-state index contributed by atoms with van der Waals surface area (Å²) in [5, 5.41) is 0. The molecule has 0 atom stereocenters. The second-order valence-corrected chi connectivity index (χ2v) is 5.98. The number of methoxy groups -OCH3 is 1. The highest BCUT2D eigenvalue weighted by molar-refractivity contribution is 5.63. The highest BCUT2D eigenvalue weighted by Crippen LogP contribution is 2.32. The molecule has 3 aromatic rings. The molecule has 4 nitrogen and oxygen atoms in total. The standard InChI is InChI=1S/C20H22N2O2/c1-14(2)20-21-12-17(22-20)16-9-10-18(19(11-16)23-3)24-13-15-7-5-4-6-8-15/h4-12,14H,13H2,1-3H3,(H,21,22). The van der Waals surface area contributed by atoms with Crippen molar-refractivity contribution in [3.8, 4) is 22.8 Å². The number of imidazole rings is 1. The van der Waals surface area contributed by atoms with Crippen LogP contribution in [0.2, 0.25) is 0 Å². The van der Waals surface area contributed by atoms with Crippen LogP contribution in [0.1, 0.15) is 31.2 Å². The monoisotopic (exact) mass is 322 g/mol. The second kappa shape index (κ2) is 7.21. The number of ether oxygens (including phenoxy) is 2. The molecule has 124 valence electrons. The van der Waals surface area contributed by atoms with Gasteiger partial charge in [-0.3, -0.25) is 0 Å². The molecule has 0 saturated carbocycles. The quantitative estimate of drug-likeness (QED) is 0.710. The molecule has 4 heteroatoms. The fraction of sp³-hybridized carbons (Fsp3) is 0.250. The first kappa shape index (κ1) is 16.1. The van der Waals surface area contributed by atoms with Crippen molar-refractivity contribution in [1.29, 1.82) is 0 Å². The average Bonchev–Trinajstić information content (AvgIpc) is 3.11. The van der Waals surface area contributed by atoms with E-state index in [0.717, 1.165) is 28.4 Å². The lowest BCUT2D eigenvalue weighted by Gasteiger charge is -2.12. The zero-order chi connectivity index (χ0) is 16.9. The molecule has 0 aliphatic carbocycles. The molecule has 0 radical (unpaired) electrons. The van der Waals surface area contributed by atoms with E-state index in [0.29, 0.717) is 18.3 Å². The molecular weight excluding hydrogens is 300 g/mol. The van der Waals surface area contributed by atoms with E-state index in [1.54, 1.807) is 7.11 Å². The molecule has 24 heavy (non-hydrogen) atoms. The molecule has 0 unspecified atom stereocenters. The molecule has 1 aromatic heterocycles. The van der Waals surface area contributed by atoms with E-state index in [4.69, 9.17) is 9.47 Å². The molecular formula is C20H22N2O2. The minimum Gasteiger partial charge on any atom is -0.493 e. The van der Waals surface area contributed by atoms with Gasteiger partial charge in [-0.2, -0.15) is 0 Å². The van der Waals surface area contributed by atoms with Gasteiger partial charge < -0.3 is 14.5 Å². The molecule has 0 saturated heterocycles. The van der Waals surface area contributed by atoms with Gasteiger partial charge in [0.15, 0.2) is 11.5 Å². The van der Waals surface area contributed by atoms with Crippen LogP contribution in [-0.4, -0.2) is 17.1 Å². The van der Waals surface area contributed by atoms with Gasteiger partial charge >= 0.3 is 0 Å². The van der Waals surface area contributed by atoms with Crippen molar-refractivity contribution in [1.82, 2.24) is 9.97 Å². The Morgan fingerprint density at radius 3 is 2.50 bits per heavy atom. The number of hydrogen-bond acceptors (Lipinski definition) is 3. The molecule has 3 rings (SSSR count). The van der Waals surface area contributed by atoms with E-state index >= 15 is 0 Å². The molecule has 0 fully saturated rings. The van der Waals surface area contributed by atoms with Gasteiger partial charge in [-0.05, 0) is 23.8 Å². The Balaban J connectivity index is 1.79. The Kier molecular flexibility index (Phi) is 4.85. The van der Waals surface area contributed by atoms with E-state index < -0.39 is 0 Å². The predicted molar refractivity (Wildman–Crippen MR) is 95.4 cm³/mol. The van der Waals surface area contributed by atoms with Crippen molar-refractivity contribution in [3.63, 3.8) is 0 Å². The Morgan fingerprint density at radius 2 is 1.83 bits per heavy atom. The summed E-state index contributed by atoms with van der Waals surface area (Å²) in [7, 11) is 1.65. The van der Waals surface area contributed by atoms with Gasteiger partial charge in [-0.25, -0.2) is 4.98 Å². The first-order chi connectivity index (χ1) is 11.7. The van der Waals surface area contributed by atoms with Crippen molar-refractivity contribution < 1.29 is 9.47 Å². The minimum absolute atomic E-state index is 0.370. The predicted octanol–water partition coefficient (Wildman–Crippen LogP) is 4.79. The van der Waals surface area contributed by atoms with Crippen molar-refractivity contribution in [2.24, 2.45) is 0 Å². The van der Waals surface area contributed by atoms with Crippen LogP contribution in [0.4, 0.5) is 0 Å². The van der Waals surface area contributed by atoms with Crippen LogP contribution < -0.4 is 9.47 Å². The van der Waals surface area contributed by atoms with Crippen LogP contribution in [0.25, 0.3) is 11.3 Å². The van der Waals surface area contributed by atoms with Crippen LogP contribution in [0.15, 0.2) is 54.7 Å². The van der Waals surface area contributed by atoms with Crippen molar-refractivity contribution >= 4 is 0 Å². The number of nitrogens with one attached hydrogen (secondary N) is 1. The summed E-state index contributed by atoms with van der Waals surface area (Å²) in [6.07, 6.45) is 1.86. The van der Waals surface area contributed by atoms with Crippen LogP contribution in [0, 0.1) is 0 Å². The van der Waals surface area contributed by atoms with E-state index in [1.165, 1.54) is 0 Å². The third-order valence-corrected chi connectivity index (χ3v) is 3.85. The zero-order valence-corrected chi connectivity index (χ0v) is 14.2. The SMILES string of the molecule is COc1cc(-c2cnc(C(C)C)[nH]2)ccc1OCc1ccccc1. The van der Waals surface area contributed by atoms with Gasteiger partial charge in [0.1, 0.15) is 12.4 Å². The molecule has 2 aromatic carbocycles. The van der Waals surface area contributed by atoms with Gasteiger partial charge in [-0.15, -0.1) is 0 Å². The summed E-state index contributed by atoms with van der Waals surface area (Å²) in [4.78, 5) is 7.77. The highest BCUT2D eigenvalue weighted by Gasteiger charge is 2.10. The molecule has 0 aliphatic rings. The molecule has 0 spiro atoms. The lowest BCUT2D eigenvalue weighted by atomic mass is 10.1. The third kappa shape index (κ3) is 3.59. The Labute approximate surface area is 142 Å². The maximum atomic E-state index is 5.90. The number of H-pyrrole nitrogens is 1. The van der Waals surface area contributed by atoms with Gasteiger partial charge in [0.25, 0.3) is 0 Å². The summed E-state index contributed by atoms with van der Waals surface area (Å²) < 4.78 is 11.4. The van der Waals surface area contributed by atoms with Gasteiger partial charge in [0.05, 0.1) is 19.0 Å². The largest absolute Gasteiger partial charge is 0.493 e. The molecule has 0 bridgehead atoms. The number of aromatic nitrogens is 2. The summed E-state index contributed by atoms with van der Waals surface area (Å²) in [5.74, 6) is 2.79. The van der Waals surface area contributed by atoms with E-state index in [1.807, 2.05) is 54.7 Å². The number of nitrogens with zero attached hydrogens (tertiary/aromatic N) is 1. The topological polar surface area (TPSA) is 47.1 Å². The van der Waals surface area contributed by atoms with Crippen LogP contribution >= 0.6 is 0 Å². The zero-order valence-electron chi connectivity index (χ0n) is 14.2. The fourth-order valence-electron chi connectivity index (χ4n) is 2.47. The van der Waals surface area contributed by atoms with Crippen molar-refractivity contribution in [3.05, 3.63) is 66.1 Å². The minimum atomic E-state index is 0.370. The summed E-state index contributed by atoms with van der Waals surface area (Å²) >= 11 is 0. The van der Waals surface area contributed by atoms with Gasteiger partial charge in [0, 0.05) is 11.5 Å². The number of rotatable bonds is 6. The van der Waals surface area contributed by atoms with E-state index in [-0.39, 0.29) is 0 Å². The van der Waals surface area contributed by atoms with Crippen LogP contribution in [0.3, 0.4) is 0 Å². The van der Waals surface area contributed by atoms with Gasteiger partial charge in [0.2, 0.25) is 0 Å². The van der Waals surface area contributed by atoms with Gasteiger partial charge in [-0.1, -0.05) is 44.2 Å². The first-order valence-electron chi connectivity index (χ1n) is 8.07. The Morgan fingerprint density at radius 1 is 1.04 bits per heavy atom. The second-order valence-electron chi connectivity index (χ2n) is 5.98.